The van der Waals surface area contributed by atoms with Crippen LogP contribution in [-0.4, -0.2) is 32.9 Å². The van der Waals surface area contributed by atoms with E-state index in [1.165, 1.54) is 0 Å². The van der Waals surface area contributed by atoms with Gasteiger partial charge < -0.3 is 14.9 Å². The van der Waals surface area contributed by atoms with Gasteiger partial charge >= 0.3 is 0 Å². The molecule has 6 nitrogen and oxygen atoms in total. The minimum atomic E-state index is -0.371. The second-order valence-corrected chi connectivity index (χ2v) is 4.55. The van der Waals surface area contributed by atoms with Gasteiger partial charge in [0.1, 0.15) is 5.69 Å². The van der Waals surface area contributed by atoms with E-state index >= 15 is 0 Å². The van der Waals surface area contributed by atoms with E-state index in [9.17, 15) is 5.11 Å². The van der Waals surface area contributed by atoms with Crippen LogP contribution in [0.25, 0.3) is 11.5 Å². The molecule has 2 atom stereocenters. The van der Waals surface area contributed by atoms with E-state index in [2.05, 4.69) is 20.4 Å². The van der Waals surface area contributed by atoms with E-state index in [-0.39, 0.29) is 12.1 Å². The predicted octanol–water partition coefficient (Wildman–Crippen LogP) is 1.18. The first-order valence-electron chi connectivity index (χ1n) is 5.60. The zero-order chi connectivity index (χ0) is 12.5. The third-order valence-electron chi connectivity index (χ3n) is 2.82. The zero-order valence-corrected chi connectivity index (χ0v) is 10.1. The highest BCUT2D eigenvalue weighted by Crippen LogP contribution is 2.26. The summed E-state index contributed by atoms with van der Waals surface area (Å²) >= 11 is 6.01. The Balaban J connectivity index is 1.88. The van der Waals surface area contributed by atoms with Gasteiger partial charge in [0.05, 0.1) is 17.2 Å². The lowest BCUT2D eigenvalue weighted by Gasteiger charge is -2.01. The predicted molar refractivity (Wildman–Crippen MR) is 63.9 cm³/mol. The topological polar surface area (TPSA) is 84.1 Å². The first kappa shape index (κ1) is 11.6. The summed E-state index contributed by atoms with van der Waals surface area (Å²) in [6.07, 6.45) is 1.82. The van der Waals surface area contributed by atoms with Crippen molar-refractivity contribution in [2.75, 3.05) is 6.54 Å². The Labute approximate surface area is 108 Å². The van der Waals surface area contributed by atoms with Crippen LogP contribution in [0.15, 0.2) is 22.9 Å². The summed E-state index contributed by atoms with van der Waals surface area (Å²) in [7, 11) is 0. The van der Waals surface area contributed by atoms with Crippen molar-refractivity contribution in [2.45, 2.75) is 18.6 Å². The maximum Gasteiger partial charge on any atom is 0.244 e. The van der Waals surface area contributed by atoms with E-state index in [4.69, 9.17) is 16.1 Å². The largest absolute Gasteiger partial charge is 0.392 e. The van der Waals surface area contributed by atoms with Crippen LogP contribution in [0.5, 0.6) is 0 Å². The van der Waals surface area contributed by atoms with Gasteiger partial charge in [0, 0.05) is 12.7 Å². The molecule has 2 aromatic heterocycles. The van der Waals surface area contributed by atoms with Crippen molar-refractivity contribution in [2.24, 2.45) is 0 Å². The third-order valence-corrected chi connectivity index (χ3v) is 3.12. The van der Waals surface area contributed by atoms with Crippen LogP contribution in [0.1, 0.15) is 18.4 Å². The lowest BCUT2D eigenvalue weighted by atomic mass is 10.2. The van der Waals surface area contributed by atoms with Gasteiger partial charge in [0.2, 0.25) is 11.7 Å². The maximum absolute atomic E-state index is 9.44. The molecule has 2 N–H and O–H groups in total. The summed E-state index contributed by atoms with van der Waals surface area (Å²) in [6, 6.07) is 3.35. The van der Waals surface area contributed by atoms with Crippen LogP contribution >= 0.6 is 11.6 Å². The number of halogens is 1. The second-order valence-electron chi connectivity index (χ2n) is 4.14. The fraction of sp³-hybridized carbons (Fsp3) is 0.364. The van der Waals surface area contributed by atoms with Crippen molar-refractivity contribution in [3.05, 3.63) is 29.2 Å². The maximum atomic E-state index is 9.44. The van der Waals surface area contributed by atoms with E-state index < -0.39 is 0 Å². The van der Waals surface area contributed by atoms with Crippen molar-refractivity contribution in [3.8, 4) is 11.5 Å². The first-order chi connectivity index (χ1) is 8.74. The molecule has 0 spiro atoms. The van der Waals surface area contributed by atoms with Crippen LogP contribution in [0.3, 0.4) is 0 Å². The highest BCUT2D eigenvalue weighted by Gasteiger charge is 2.28. The number of hydrogen-bond donors (Lipinski definition) is 2. The molecule has 0 aromatic carbocycles. The zero-order valence-electron chi connectivity index (χ0n) is 9.38. The Kier molecular flexibility index (Phi) is 2.99. The number of aromatic nitrogens is 3. The summed E-state index contributed by atoms with van der Waals surface area (Å²) in [6.45, 7) is 0.534. The molecule has 1 aliphatic rings. The van der Waals surface area contributed by atoms with Gasteiger partial charge in [-0.25, -0.2) is 0 Å². The minimum Gasteiger partial charge on any atom is -0.392 e. The molecule has 1 fully saturated rings. The molecule has 3 rings (SSSR count). The van der Waals surface area contributed by atoms with E-state index in [0.29, 0.717) is 35.4 Å². The molecule has 7 heteroatoms. The number of rotatable bonds is 2. The number of nitrogens with zero attached hydrogens (tertiary/aromatic N) is 3. The second kappa shape index (κ2) is 4.64. The highest BCUT2D eigenvalue weighted by molar-refractivity contribution is 6.32. The summed E-state index contributed by atoms with van der Waals surface area (Å²) < 4.78 is 5.17. The van der Waals surface area contributed by atoms with Crippen LogP contribution in [-0.2, 0) is 0 Å². The number of hydrogen-bond acceptors (Lipinski definition) is 6. The summed E-state index contributed by atoms with van der Waals surface area (Å²) in [5, 5.41) is 16.9. The number of aliphatic hydroxyl groups excluding tert-OH is 1. The molecule has 2 aromatic rings. The smallest absolute Gasteiger partial charge is 0.244 e. The molecule has 1 aliphatic heterocycles. The van der Waals surface area contributed by atoms with E-state index in [1.807, 2.05) is 0 Å². The molecule has 0 saturated carbocycles. The van der Waals surface area contributed by atoms with Gasteiger partial charge in [-0.3, -0.25) is 4.98 Å². The molecule has 0 unspecified atom stereocenters. The van der Waals surface area contributed by atoms with E-state index in [1.54, 1.807) is 18.3 Å². The summed E-state index contributed by atoms with van der Waals surface area (Å²) in [4.78, 5) is 8.38. The Bertz CT molecular complexity index is 559. The number of aliphatic hydroxyl groups is 1. The van der Waals surface area contributed by atoms with Crippen LogP contribution in [0.4, 0.5) is 0 Å². The van der Waals surface area contributed by atoms with Crippen molar-refractivity contribution in [1.82, 2.24) is 20.4 Å². The van der Waals surface area contributed by atoms with Gasteiger partial charge in [-0.05, 0) is 18.6 Å². The Hall–Kier alpha value is -1.50. The van der Waals surface area contributed by atoms with Crippen LogP contribution in [0.2, 0.25) is 5.02 Å². The van der Waals surface area contributed by atoms with Gasteiger partial charge in [0.25, 0.3) is 0 Å². The Morgan fingerprint density at radius 3 is 3.11 bits per heavy atom. The Morgan fingerprint density at radius 2 is 2.39 bits per heavy atom. The quantitative estimate of drug-likeness (QED) is 0.849. The third kappa shape index (κ3) is 2.10. The van der Waals surface area contributed by atoms with Gasteiger partial charge in [-0.15, -0.1) is 0 Å². The number of pyridine rings is 1. The molecule has 0 radical (unpaired) electrons. The lowest BCUT2D eigenvalue weighted by Crippen LogP contribution is -2.15. The lowest BCUT2D eigenvalue weighted by molar-refractivity contribution is 0.191. The average molecular weight is 267 g/mol. The fourth-order valence-corrected chi connectivity index (χ4v) is 2.13. The van der Waals surface area contributed by atoms with Gasteiger partial charge in [0.15, 0.2) is 0 Å². The number of β-amino-alcohol motifs (C(OH)–C–C–N with tert-alkyl or cyclic N) is 1. The highest BCUT2D eigenvalue weighted by atomic mass is 35.5. The average Bonchev–Trinajstić information content (AvgIpc) is 2.98. The first-order valence-corrected chi connectivity index (χ1v) is 5.98. The standard InChI is InChI=1S/C11H11ClN4O2/c12-7-2-1-3-13-9(7)10-15-11(18-16-10)8-4-6(17)5-14-8/h1-3,6,8,14,17H,4-5H2/t6-,8-/m0/s1. The van der Waals surface area contributed by atoms with Crippen molar-refractivity contribution in [3.63, 3.8) is 0 Å². The SMILES string of the molecule is O[C@@H]1CN[C@H](c2nc(-c3ncccc3Cl)no2)C1. The molecule has 0 aliphatic carbocycles. The Morgan fingerprint density at radius 1 is 1.50 bits per heavy atom. The van der Waals surface area contributed by atoms with Crippen molar-refractivity contribution < 1.29 is 9.63 Å². The van der Waals surface area contributed by atoms with Crippen LogP contribution in [0, 0.1) is 0 Å². The van der Waals surface area contributed by atoms with Gasteiger partial charge in [-0.2, -0.15) is 4.98 Å². The monoisotopic (exact) mass is 266 g/mol. The van der Waals surface area contributed by atoms with E-state index in [0.717, 1.165) is 0 Å². The molecule has 18 heavy (non-hydrogen) atoms. The molecule has 3 heterocycles. The number of nitrogens with one attached hydrogen (secondary N) is 1. The van der Waals surface area contributed by atoms with Crippen molar-refractivity contribution in [1.29, 1.82) is 0 Å². The van der Waals surface area contributed by atoms with Gasteiger partial charge in [-0.1, -0.05) is 16.8 Å². The molecular weight excluding hydrogens is 256 g/mol. The minimum absolute atomic E-state index is 0.108. The summed E-state index contributed by atoms with van der Waals surface area (Å²) in [5.74, 6) is 0.807. The fourth-order valence-electron chi connectivity index (χ4n) is 1.93. The molecule has 1 saturated heterocycles. The molecule has 0 amide bonds. The summed E-state index contributed by atoms with van der Waals surface area (Å²) in [5.41, 5.74) is 0.493. The van der Waals surface area contributed by atoms with Crippen LogP contribution < -0.4 is 5.32 Å². The normalized spacial score (nSPS) is 23.4. The molecule has 94 valence electrons. The molecular formula is C11H11ClN4O2. The molecule has 0 bridgehead atoms. The van der Waals surface area contributed by atoms with Crippen molar-refractivity contribution >= 4 is 11.6 Å².